The molecule has 0 spiro atoms. The number of carbonyl (C=O) groups excluding carboxylic acids is 2. The van der Waals surface area contributed by atoms with Crippen LogP contribution in [0.1, 0.15) is 67.3 Å². The van der Waals surface area contributed by atoms with Gasteiger partial charge in [0.05, 0.1) is 17.7 Å². The molecule has 2 aliphatic heterocycles. The third-order valence-corrected chi connectivity index (χ3v) is 8.50. The van der Waals surface area contributed by atoms with E-state index < -0.39 is 11.9 Å². The van der Waals surface area contributed by atoms with Gasteiger partial charge in [0.25, 0.3) is 11.8 Å². The summed E-state index contributed by atoms with van der Waals surface area (Å²) in [6, 6.07) is -0.226. The van der Waals surface area contributed by atoms with Crippen molar-refractivity contribution in [2.75, 3.05) is 0 Å². The van der Waals surface area contributed by atoms with E-state index in [4.69, 9.17) is 0 Å². The monoisotopic (exact) mass is 586 g/mol. The van der Waals surface area contributed by atoms with Crippen molar-refractivity contribution >= 4 is 41.6 Å². The van der Waals surface area contributed by atoms with Gasteiger partial charge in [0, 0.05) is 46.9 Å². The quantitative estimate of drug-likeness (QED) is 0.272. The van der Waals surface area contributed by atoms with Crippen LogP contribution in [0.3, 0.4) is 0 Å². The maximum atomic E-state index is 12.4. The third kappa shape index (κ3) is 6.38. The Hall–Kier alpha value is -4.73. The summed E-state index contributed by atoms with van der Waals surface area (Å²) in [5, 5.41) is 23.3. The van der Waals surface area contributed by atoms with Gasteiger partial charge >= 0.3 is 11.9 Å². The number of aliphatic carboxylic acids is 2. The fraction of sp³-hybridized carbons (Fsp3) is 0.364. The van der Waals surface area contributed by atoms with Crippen molar-refractivity contribution in [3.8, 4) is 0 Å². The molecule has 0 aliphatic carbocycles. The van der Waals surface area contributed by atoms with Crippen molar-refractivity contribution < 1.29 is 29.4 Å². The molecule has 226 valence electrons. The van der Waals surface area contributed by atoms with Gasteiger partial charge < -0.3 is 25.5 Å². The number of carboxylic acids is 2. The molecule has 0 saturated heterocycles. The Kier molecular flexibility index (Phi) is 9.18. The molecule has 4 heterocycles. The highest BCUT2D eigenvalue weighted by Gasteiger charge is 2.29. The lowest BCUT2D eigenvalue weighted by Gasteiger charge is -2.12. The molecule has 4 rings (SSSR count). The predicted molar refractivity (Wildman–Crippen MR) is 164 cm³/mol. The van der Waals surface area contributed by atoms with Crippen LogP contribution in [0.5, 0.6) is 0 Å². The number of carbonyl (C=O) groups is 4. The first-order valence-electron chi connectivity index (χ1n) is 14.3. The maximum Gasteiger partial charge on any atom is 0.303 e. The molecule has 0 aromatic carbocycles. The number of rotatable bonds is 11. The van der Waals surface area contributed by atoms with Gasteiger partial charge in [-0.2, -0.15) is 0 Å². The summed E-state index contributed by atoms with van der Waals surface area (Å²) >= 11 is 0. The standard InChI is InChI=1S/C33H38N4O6/c1-7-20-19(6)32(42)37-27(20)14-25-18(5)23(10-12-31(40)41)29(35-25)15-28-22(9-11-30(38)39)17(4)24(34-28)13-26-16(3)21(8-2)33(43)36-26/h7-8,14-15,19,26,34-35H,2,9-13H2,1,3-6H3,(H,36,43)(H,38,39)(H,40,41)/b20-7-,25-14?,29-15?/t19-,26-/m0/s1. The minimum Gasteiger partial charge on any atom is -0.481 e. The Morgan fingerprint density at radius 3 is 2.19 bits per heavy atom. The SMILES string of the molecule is C=CC1=C(C)[C@H](Cc2[nH]c(C=c3[nH]c(=CC4=NC(=O)[C@@H](C)/C4=C/C)c(C)c3CCC(=O)O)c(CCC(=O)O)c2C)NC1=O. The van der Waals surface area contributed by atoms with E-state index in [1.807, 2.05) is 52.8 Å². The van der Waals surface area contributed by atoms with Gasteiger partial charge in [-0.05, 0) is 93.0 Å². The number of hydrogen-bond donors (Lipinski definition) is 5. The lowest BCUT2D eigenvalue weighted by atomic mass is 9.98. The number of carboxylic acid groups (broad SMARTS) is 2. The number of H-pyrrole nitrogens is 2. The van der Waals surface area contributed by atoms with Gasteiger partial charge in [-0.3, -0.25) is 19.2 Å². The Morgan fingerprint density at radius 2 is 1.60 bits per heavy atom. The number of aromatic nitrogens is 2. The maximum absolute atomic E-state index is 12.4. The molecule has 0 fully saturated rings. The molecule has 10 nitrogen and oxygen atoms in total. The first kappa shape index (κ1) is 31.2. The average molecular weight is 587 g/mol. The van der Waals surface area contributed by atoms with Gasteiger partial charge in [-0.1, -0.05) is 18.7 Å². The fourth-order valence-electron chi connectivity index (χ4n) is 5.90. The van der Waals surface area contributed by atoms with Gasteiger partial charge in [0.1, 0.15) is 0 Å². The van der Waals surface area contributed by atoms with Crippen LogP contribution in [0.2, 0.25) is 0 Å². The first-order valence-corrected chi connectivity index (χ1v) is 14.3. The minimum atomic E-state index is -0.922. The fourth-order valence-corrected chi connectivity index (χ4v) is 5.90. The number of hydrogen-bond acceptors (Lipinski definition) is 4. The van der Waals surface area contributed by atoms with Crippen molar-refractivity contribution in [1.82, 2.24) is 15.3 Å². The summed E-state index contributed by atoms with van der Waals surface area (Å²) in [4.78, 5) is 58.8. The molecule has 10 heteroatoms. The van der Waals surface area contributed by atoms with Crippen molar-refractivity contribution in [2.45, 2.75) is 72.8 Å². The molecule has 2 amide bonds. The van der Waals surface area contributed by atoms with Crippen LogP contribution in [-0.4, -0.2) is 55.7 Å². The van der Waals surface area contributed by atoms with E-state index in [9.17, 15) is 29.4 Å². The molecule has 0 unspecified atom stereocenters. The van der Waals surface area contributed by atoms with E-state index in [0.29, 0.717) is 34.1 Å². The van der Waals surface area contributed by atoms with Crippen molar-refractivity contribution in [3.05, 3.63) is 79.8 Å². The molecular formula is C33H38N4O6. The van der Waals surface area contributed by atoms with E-state index in [2.05, 4.69) is 26.9 Å². The lowest BCUT2D eigenvalue weighted by Crippen LogP contribution is -2.30. The van der Waals surface area contributed by atoms with Crippen LogP contribution in [-0.2, 0) is 38.4 Å². The smallest absolute Gasteiger partial charge is 0.303 e. The number of nitrogens with zero attached hydrogens (tertiary/aromatic N) is 1. The molecule has 2 aliphatic rings. The summed E-state index contributed by atoms with van der Waals surface area (Å²) in [5.41, 5.74) is 7.85. The van der Waals surface area contributed by atoms with Gasteiger partial charge in [0.15, 0.2) is 0 Å². The average Bonchev–Trinajstić information content (AvgIpc) is 3.59. The van der Waals surface area contributed by atoms with E-state index >= 15 is 0 Å². The Balaban J connectivity index is 1.86. The van der Waals surface area contributed by atoms with Crippen LogP contribution in [0, 0.1) is 19.8 Å². The second kappa shape index (κ2) is 12.6. The van der Waals surface area contributed by atoms with Gasteiger partial charge in [0.2, 0.25) is 0 Å². The van der Waals surface area contributed by atoms with Gasteiger partial charge in [-0.15, -0.1) is 0 Å². The van der Waals surface area contributed by atoms with E-state index in [0.717, 1.165) is 39.1 Å². The van der Waals surface area contributed by atoms with E-state index in [1.165, 1.54) is 0 Å². The summed E-state index contributed by atoms with van der Waals surface area (Å²) in [5.74, 6) is -2.54. The highest BCUT2D eigenvalue weighted by Crippen LogP contribution is 2.27. The molecule has 2 atom stereocenters. The van der Waals surface area contributed by atoms with Crippen molar-refractivity contribution in [3.63, 3.8) is 0 Å². The molecular weight excluding hydrogens is 548 g/mol. The zero-order valence-electron chi connectivity index (χ0n) is 25.2. The van der Waals surface area contributed by atoms with Crippen LogP contribution < -0.4 is 16.0 Å². The third-order valence-electron chi connectivity index (χ3n) is 8.50. The summed E-state index contributed by atoms with van der Waals surface area (Å²) in [6.45, 7) is 13.2. The first-order chi connectivity index (χ1) is 20.4. The van der Waals surface area contributed by atoms with Crippen molar-refractivity contribution in [1.29, 1.82) is 0 Å². The number of aliphatic imine (C=N–C) groups is 1. The van der Waals surface area contributed by atoms with Crippen LogP contribution in [0.4, 0.5) is 0 Å². The molecule has 2 aromatic heterocycles. The topological polar surface area (TPSA) is 165 Å². The molecule has 0 saturated carbocycles. The van der Waals surface area contributed by atoms with Crippen LogP contribution in [0.15, 0.2) is 40.4 Å². The minimum absolute atomic E-state index is 0.0640. The summed E-state index contributed by atoms with van der Waals surface area (Å²) < 4.78 is 0. The Labute approximate surface area is 249 Å². The van der Waals surface area contributed by atoms with Crippen LogP contribution in [0.25, 0.3) is 12.2 Å². The second-order valence-corrected chi connectivity index (χ2v) is 11.1. The highest BCUT2D eigenvalue weighted by molar-refractivity contribution is 6.29. The summed E-state index contributed by atoms with van der Waals surface area (Å²) in [7, 11) is 0. The number of nitrogens with one attached hydrogen (secondary N) is 3. The predicted octanol–water partition coefficient (Wildman–Crippen LogP) is 2.71. The zero-order valence-corrected chi connectivity index (χ0v) is 25.2. The largest absolute Gasteiger partial charge is 0.481 e. The van der Waals surface area contributed by atoms with E-state index in [1.54, 1.807) is 6.08 Å². The second-order valence-electron chi connectivity index (χ2n) is 11.1. The lowest BCUT2D eigenvalue weighted by molar-refractivity contribution is -0.138. The van der Waals surface area contributed by atoms with Gasteiger partial charge in [-0.25, -0.2) is 4.99 Å². The molecule has 5 N–H and O–H groups in total. The Bertz CT molecular complexity index is 1750. The molecule has 2 aromatic rings. The highest BCUT2D eigenvalue weighted by atomic mass is 16.4. The normalized spacial score (nSPS) is 20.4. The van der Waals surface area contributed by atoms with E-state index in [-0.39, 0.29) is 49.5 Å². The molecule has 43 heavy (non-hydrogen) atoms. The Morgan fingerprint density at radius 1 is 0.953 bits per heavy atom. The zero-order chi connectivity index (χ0) is 31.6. The summed E-state index contributed by atoms with van der Waals surface area (Å²) in [6.07, 6.45) is 8.05. The number of aromatic amines is 2. The molecule has 0 bridgehead atoms. The number of amides is 2. The van der Waals surface area contributed by atoms with Crippen molar-refractivity contribution in [2.24, 2.45) is 10.9 Å². The number of allylic oxidation sites excluding steroid dienone is 1. The van der Waals surface area contributed by atoms with Crippen LogP contribution >= 0.6 is 0 Å². The molecule has 0 radical (unpaired) electrons.